The fourth-order valence-corrected chi connectivity index (χ4v) is 1.52. The lowest BCUT2D eigenvalue weighted by molar-refractivity contribution is 0.101. The first-order valence-corrected chi connectivity index (χ1v) is 5.19. The number of nitrogens with two attached hydrogens (primary N) is 1. The molecule has 0 fully saturated rings. The van der Waals surface area contributed by atoms with Gasteiger partial charge in [-0.05, 0) is 30.3 Å². The van der Waals surface area contributed by atoms with Gasteiger partial charge in [0.05, 0.1) is 0 Å². The molecule has 0 spiro atoms. The van der Waals surface area contributed by atoms with E-state index in [2.05, 4.69) is 5.32 Å². The van der Waals surface area contributed by atoms with Crippen molar-refractivity contribution in [2.45, 2.75) is 0 Å². The summed E-state index contributed by atoms with van der Waals surface area (Å²) in [6.07, 6.45) is 0. The van der Waals surface area contributed by atoms with Crippen molar-refractivity contribution < 1.29 is 13.6 Å². The van der Waals surface area contributed by atoms with Crippen molar-refractivity contribution in [1.82, 2.24) is 0 Å². The third kappa shape index (κ3) is 2.45. The van der Waals surface area contributed by atoms with Gasteiger partial charge in [0.15, 0.2) is 0 Å². The van der Waals surface area contributed by atoms with Crippen LogP contribution in [0.15, 0.2) is 42.5 Å². The standard InChI is InChI=1S/C13H10F2N2O/c14-10-5-2-6-11(15)12(10)13(18)17-9-4-1-3-8(16)7-9/h1-7H,16H2,(H,17,18). The third-order valence-electron chi connectivity index (χ3n) is 2.33. The summed E-state index contributed by atoms with van der Waals surface area (Å²) in [5.41, 5.74) is 5.75. The van der Waals surface area contributed by atoms with E-state index in [1.54, 1.807) is 18.2 Å². The number of nitrogens with one attached hydrogen (secondary N) is 1. The van der Waals surface area contributed by atoms with E-state index in [9.17, 15) is 13.6 Å². The Hall–Kier alpha value is -2.43. The molecule has 5 heteroatoms. The Morgan fingerprint density at radius 3 is 2.28 bits per heavy atom. The van der Waals surface area contributed by atoms with E-state index in [1.165, 1.54) is 12.1 Å². The Kier molecular flexibility index (Phi) is 3.23. The van der Waals surface area contributed by atoms with Gasteiger partial charge in [0, 0.05) is 11.4 Å². The van der Waals surface area contributed by atoms with Crippen LogP contribution in [0, 0.1) is 11.6 Å². The van der Waals surface area contributed by atoms with Gasteiger partial charge < -0.3 is 11.1 Å². The largest absolute Gasteiger partial charge is 0.399 e. The van der Waals surface area contributed by atoms with Gasteiger partial charge in [0.25, 0.3) is 5.91 Å². The normalized spacial score (nSPS) is 10.1. The maximum atomic E-state index is 13.4. The van der Waals surface area contributed by atoms with E-state index in [0.717, 1.165) is 12.1 Å². The second kappa shape index (κ2) is 4.83. The average molecular weight is 248 g/mol. The summed E-state index contributed by atoms with van der Waals surface area (Å²) in [7, 11) is 0. The molecule has 0 atom stereocenters. The van der Waals surface area contributed by atoms with Gasteiger partial charge >= 0.3 is 0 Å². The van der Waals surface area contributed by atoms with Gasteiger partial charge in [0.2, 0.25) is 0 Å². The van der Waals surface area contributed by atoms with Crippen LogP contribution in [0.4, 0.5) is 20.2 Å². The van der Waals surface area contributed by atoms with Crippen molar-refractivity contribution in [3.05, 3.63) is 59.7 Å². The molecule has 0 bridgehead atoms. The van der Waals surface area contributed by atoms with Crippen molar-refractivity contribution in [2.75, 3.05) is 11.1 Å². The molecule has 0 unspecified atom stereocenters. The molecule has 2 aromatic rings. The van der Waals surface area contributed by atoms with E-state index in [0.29, 0.717) is 11.4 Å². The van der Waals surface area contributed by atoms with E-state index >= 15 is 0 Å². The van der Waals surface area contributed by atoms with E-state index in [4.69, 9.17) is 5.73 Å². The van der Waals surface area contributed by atoms with Crippen molar-refractivity contribution in [3.63, 3.8) is 0 Å². The van der Waals surface area contributed by atoms with Crippen LogP contribution < -0.4 is 11.1 Å². The molecule has 0 aliphatic heterocycles. The third-order valence-corrected chi connectivity index (χ3v) is 2.33. The van der Waals surface area contributed by atoms with Crippen LogP contribution in [0.5, 0.6) is 0 Å². The molecular weight excluding hydrogens is 238 g/mol. The highest BCUT2D eigenvalue weighted by molar-refractivity contribution is 6.04. The summed E-state index contributed by atoms with van der Waals surface area (Å²) in [4.78, 5) is 11.7. The minimum atomic E-state index is -0.906. The highest BCUT2D eigenvalue weighted by Gasteiger charge is 2.16. The first-order chi connectivity index (χ1) is 8.58. The van der Waals surface area contributed by atoms with Gasteiger partial charge in [-0.1, -0.05) is 12.1 Å². The molecule has 18 heavy (non-hydrogen) atoms. The Labute approximate surface area is 102 Å². The Morgan fingerprint density at radius 1 is 1.06 bits per heavy atom. The van der Waals surface area contributed by atoms with E-state index < -0.39 is 23.1 Å². The van der Waals surface area contributed by atoms with Crippen LogP contribution in [0.3, 0.4) is 0 Å². The van der Waals surface area contributed by atoms with Crippen LogP contribution in [0.2, 0.25) is 0 Å². The molecule has 0 saturated heterocycles. The Morgan fingerprint density at radius 2 is 1.67 bits per heavy atom. The molecule has 0 aliphatic rings. The summed E-state index contributed by atoms with van der Waals surface area (Å²) in [5.74, 6) is -2.66. The zero-order valence-corrected chi connectivity index (χ0v) is 9.28. The highest BCUT2D eigenvalue weighted by atomic mass is 19.1. The molecule has 2 rings (SSSR count). The lowest BCUT2D eigenvalue weighted by atomic mass is 10.1. The van der Waals surface area contributed by atoms with Gasteiger partial charge in [-0.25, -0.2) is 8.78 Å². The zero-order chi connectivity index (χ0) is 13.1. The minimum Gasteiger partial charge on any atom is -0.399 e. The number of nitrogen functional groups attached to an aromatic ring is 1. The number of carbonyl (C=O) groups is 1. The topological polar surface area (TPSA) is 55.1 Å². The van der Waals surface area contributed by atoms with E-state index in [1.807, 2.05) is 0 Å². The maximum Gasteiger partial charge on any atom is 0.261 e. The molecule has 3 nitrogen and oxygen atoms in total. The number of amides is 1. The van der Waals surface area contributed by atoms with Gasteiger partial charge in [-0.3, -0.25) is 4.79 Å². The van der Waals surface area contributed by atoms with Crippen LogP contribution in [-0.2, 0) is 0 Å². The summed E-state index contributed by atoms with van der Waals surface area (Å²) < 4.78 is 26.7. The lowest BCUT2D eigenvalue weighted by Gasteiger charge is -2.07. The Bertz CT molecular complexity index is 579. The summed E-state index contributed by atoms with van der Waals surface area (Å²) >= 11 is 0. The zero-order valence-electron chi connectivity index (χ0n) is 9.28. The van der Waals surface area contributed by atoms with Crippen molar-refractivity contribution in [2.24, 2.45) is 0 Å². The molecule has 2 aromatic carbocycles. The van der Waals surface area contributed by atoms with E-state index in [-0.39, 0.29) is 0 Å². The summed E-state index contributed by atoms with van der Waals surface area (Å²) in [6, 6.07) is 9.59. The number of carbonyl (C=O) groups excluding carboxylic acids is 1. The number of benzene rings is 2. The molecule has 0 saturated carbocycles. The quantitative estimate of drug-likeness (QED) is 0.803. The fraction of sp³-hybridized carbons (Fsp3) is 0. The highest BCUT2D eigenvalue weighted by Crippen LogP contribution is 2.16. The molecule has 0 aliphatic carbocycles. The number of hydrogen-bond acceptors (Lipinski definition) is 2. The number of anilines is 2. The SMILES string of the molecule is Nc1cccc(NC(=O)c2c(F)cccc2F)c1. The second-order valence-corrected chi connectivity index (χ2v) is 3.68. The van der Waals surface area contributed by atoms with Gasteiger partial charge in [-0.2, -0.15) is 0 Å². The number of hydrogen-bond donors (Lipinski definition) is 2. The van der Waals surface area contributed by atoms with Gasteiger partial charge in [-0.15, -0.1) is 0 Å². The molecule has 0 radical (unpaired) electrons. The van der Waals surface area contributed by atoms with Crippen molar-refractivity contribution in [1.29, 1.82) is 0 Å². The second-order valence-electron chi connectivity index (χ2n) is 3.68. The van der Waals surface area contributed by atoms with Crippen molar-refractivity contribution in [3.8, 4) is 0 Å². The summed E-state index contributed by atoms with van der Waals surface area (Å²) in [5, 5.41) is 2.38. The van der Waals surface area contributed by atoms with Crippen LogP contribution in [0.25, 0.3) is 0 Å². The Balaban J connectivity index is 2.28. The molecule has 0 aromatic heterocycles. The molecular formula is C13H10F2N2O. The van der Waals surface area contributed by atoms with Crippen LogP contribution in [-0.4, -0.2) is 5.91 Å². The monoisotopic (exact) mass is 248 g/mol. The first kappa shape index (κ1) is 12.0. The molecule has 0 heterocycles. The van der Waals surface area contributed by atoms with Gasteiger partial charge in [0.1, 0.15) is 17.2 Å². The number of halogens is 2. The van der Waals surface area contributed by atoms with Crippen LogP contribution >= 0.6 is 0 Å². The van der Waals surface area contributed by atoms with Crippen LogP contribution in [0.1, 0.15) is 10.4 Å². The fourth-order valence-electron chi connectivity index (χ4n) is 1.52. The smallest absolute Gasteiger partial charge is 0.261 e. The number of rotatable bonds is 2. The molecule has 3 N–H and O–H groups in total. The first-order valence-electron chi connectivity index (χ1n) is 5.19. The molecule has 1 amide bonds. The predicted octanol–water partition coefficient (Wildman–Crippen LogP) is 2.80. The lowest BCUT2D eigenvalue weighted by Crippen LogP contribution is -2.15. The van der Waals surface area contributed by atoms with Crippen molar-refractivity contribution >= 4 is 17.3 Å². The summed E-state index contributed by atoms with van der Waals surface area (Å²) in [6.45, 7) is 0. The average Bonchev–Trinajstić information content (AvgIpc) is 2.28. The molecule has 92 valence electrons. The predicted molar refractivity (Wildman–Crippen MR) is 65.2 cm³/mol. The minimum absolute atomic E-state index is 0.377. The maximum absolute atomic E-state index is 13.4.